The molecule has 116 valence electrons. The first kappa shape index (κ1) is 15.5. The highest BCUT2D eigenvalue weighted by Gasteiger charge is 2.14. The molecule has 23 heavy (non-hydrogen) atoms. The lowest BCUT2D eigenvalue weighted by atomic mass is 10.2. The molecule has 0 unspecified atom stereocenters. The van der Waals surface area contributed by atoms with E-state index in [4.69, 9.17) is 0 Å². The molecule has 0 fully saturated rings. The van der Waals surface area contributed by atoms with Crippen LogP contribution in [0.3, 0.4) is 0 Å². The number of hydrogen-bond acceptors (Lipinski definition) is 2. The number of halogens is 1. The van der Waals surface area contributed by atoms with Crippen molar-refractivity contribution in [3.05, 3.63) is 75.9 Å². The minimum absolute atomic E-state index is 0.175. The van der Waals surface area contributed by atoms with Crippen LogP contribution in [0.25, 0.3) is 5.69 Å². The van der Waals surface area contributed by atoms with Crippen LogP contribution in [-0.2, 0) is 0 Å². The predicted molar refractivity (Wildman–Crippen MR) is 95.1 cm³/mol. The van der Waals surface area contributed by atoms with Crippen LogP contribution >= 0.6 is 15.9 Å². The number of benzene rings is 2. The fourth-order valence-corrected chi connectivity index (χ4v) is 2.77. The molecule has 1 aromatic heterocycles. The highest BCUT2D eigenvalue weighted by molar-refractivity contribution is 9.10. The lowest BCUT2D eigenvalue weighted by Crippen LogP contribution is -2.15. The van der Waals surface area contributed by atoms with Crippen LogP contribution < -0.4 is 5.32 Å². The summed E-state index contributed by atoms with van der Waals surface area (Å²) >= 11 is 3.40. The Bertz CT molecular complexity index is 853. The van der Waals surface area contributed by atoms with E-state index in [-0.39, 0.29) is 5.91 Å². The Morgan fingerprint density at radius 1 is 1.09 bits per heavy atom. The van der Waals surface area contributed by atoms with E-state index >= 15 is 0 Å². The van der Waals surface area contributed by atoms with Crippen LogP contribution in [-0.4, -0.2) is 15.7 Å². The monoisotopic (exact) mass is 369 g/mol. The number of hydrogen-bond donors (Lipinski definition) is 1. The number of rotatable bonds is 3. The molecule has 0 aliphatic rings. The molecule has 4 nitrogen and oxygen atoms in total. The van der Waals surface area contributed by atoms with Crippen LogP contribution in [0.5, 0.6) is 0 Å². The summed E-state index contributed by atoms with van der Waals surface area (Å²) in [6.45, 7) is 3.94. The smallest absolute Gasteiger partial charge is 0.257 e. The molecule has 0 atom stereocenters. The summed E-state index contributed by atoms with van der Waals surface area (Å²) in [7, 11) is 0. The maximum absolute atomic E-state index is 12.5. The van der Waals surface area contributed by atoms with Crippen LogP contribution in [0.2, 0.25) is 0 Å². The van der Waals surface area contributed by atoms with E-state index in [1.807, 2.05) is 62.4 Å². The van der Waals surface area contributed by atoms with Crippen molar-refractivity contribution in [2.45, 2.75) is 13.8 Å². The van der Waals surface area contributed by atoms with Gasteiger partial charge in [0.1, 0.15) is 5.82 Å². The van der Waals surface area contributed by atoms with Gasteiger partial charge in [-0.2, -0.15) is 5.10 Å². The minimum atomic E-state index is -0.175. The molecule has 0 aliphatic heterocycles. The van der Waals surface area contributed by atoms with Gasteiger partial charge >= 0.3 is 0 Å². The molecule has 1 amide bonds. The van der Waals surface area contributed by atoms with E-state index in [1.165, 1.54) is 5.56 Å². The number of nitrogens with one attached hydrogen (secondary N) is 1. The van der Waals surface area contributed by atoms with E-state index in [0.717, 1.165) is 15.9 Å². The molecule has 0 bridgehead atoms. The van der Waals surface area contributed by atoms with E-state index in [1.54, 1.807) is 10.7 Å². The van der Waals surface area contributed by atoms with Crippen molar-refractivity contribution in [1.82, 2.24) is 9.78 Å². The third-order valence-corrected chi connectivity index (χ3v) is 4.16. The van der Waals surface area contributed by atoms with Gasteiger partial charge in [0.15, 0.2) is 0 Å². The number of aryl methyl sites for hydroxylation is 2. The average molecular weight is 370 g/mol. The second-order valence-corrected chi connectivity index (χ2v) is 6.21. The maximum Gasteiger partial charge on any atom is 0.257 e. The highest BCUT2D eigenvalue weighted by Crippen LogP contribution is 2.21. The molecule has 2 aromatic carbocycles. The van der Waals surface area contributed by atoms with Gasteiger partial charge in [-0.15, -0.1) is 0 Å². The second kappa shape index (κ2) is 6.38. The summed E-state index contributed by atoms with van der Waals surface area (Å²) in [5.41, 5.74) is 3.51. The Kier molecular flexibility index (Phi) is 4.30. The van der Waals surface area contributed by atoms with E-state index in [0.29, 0.717) is 11.4 Å². The van der Waals surface area contributed by atoms with Crippen molar-refractivity contribution in [3.63, 3.8) is 0 Å². The van der Waals surface area contributed by atoms with E-state index < -0.39 is 0 Å². The first-order chi connectivity index (χ1) is 11.0. The van der Waals surface area contributed by atoms with Crippen molar-refractivity contribution in [3.8, 4) is 5.69 Å². The fraction of sp³-hybridized carbons (Fsp3) is 0.111. The second-order valence-electron chi connectivity index (χ2n) is 5.35. The molecule has 3 aromatic rings. The van der Waals surface area contributed by atoms with Crippen LogP contribution in [0.15, 0.2) is 59.1 Å². The van der Waals surface area contributed by atoms with Gasteiger partial charge in [0, 0.05) is 10.5 Å². The summed E-state index contributed by atoms with van der Waals surface area (Å²) in [6, 6.07) is 17.2. The number of amides is 1. The topological polar surface area (TPSA) is 46.9 Å². The number of aromatic nitrogens is 2. The standard InChI is InChI=1S/C18H16BrN3O/c1-12-7-9-14(10-8-12)22-17(11-13(2)21-22)20-18(23)15-5-3-4-6-16(15)19/h3-11H,1-2H3,(H,20,23). The van der Waals surface area contributed by atoms with Crippen molar-refractivity contribution >= 4 is 27.7 Å². The zero-order valence-corrected chi connectivity index (χ0v) is 14.5. The lowest BCUT2D eigenvalue weighted by Gasteiger charge is -2.10. The van der Waals surface area contributed by atoms with Gasteiger partial charge < -0.3 is 5.32 Å². The Morgan fingerprint density at radius 3 is 2.48 bits per heavy atom. The molecule has 5 heteroatoms. The lowest BCUT2D eigenvalue weighted by molar-refractivity contribution is 0.102. The van der Waals surface area contributed by atoms with Gasteiger partial charge in [-0.1, -0.05) is 29.8 Å². The molecule has 3 rings (SSSR count). The first-order valence-corrected chi connectivity index (χ1v) is 8.03. The molecular weight excluding hydrogens is 354 g/mol. The third kappa shape index (κ3) is 3.35. The van der Waals surface area contributed by atoms with Crippen molar-refractivity contribution in [2.75, 3.05) is 5.32 Å². The van der Waals surface area contributed by atoms with Gasteiger partial charge in [-0.05, 0) is 54.0 Å². The van der Waals surface area contributed by atoms with Gasteiger partial charge in [0.2, 0.25) is 0 Å². The van der Waals surface area contributed by atoms with Crippen LogP contribution in [0, 0.1) is 13.8 Å². The largest absolute Gasteiger partial charge is 0.306 e. The summed E-state index contributed by atoms with van der Waals surface area (Å²) in [5.74, 6) is 0.470. The summed E-state index contributed by atoms with van der Waals surface area (Å²) < 4.78 is 2.50. The summed E-state index contributed by atoms with van der Waals surface area (Å²) in [5, 5.41) is 7.40. The van der Waals surface area contributed by atoms with Crippen LogP contribution in [0.1, 0.15) is 21.6 Å². The average Bonchev–Trinajstić information content (AvgIpc) is 2.89. The molecular formula is C18H16BrN3O. The SMILES string of the molecule is Cc1ccc(-n2nc(C)cc2NC(=O)c2ccccc2Br)cc1. The van der Waals surface area contributed by atoms with Gasteiger partial charge in [-0.3, -0.25) is 4.79 Å². The Hall–Kier alpha value is -2.40. The third-order valence-electron chi connectivity index (χ3n) is 3.47. The Labute approximate surface area is 143 Å². The minimum Gasteiger partial charge on any atom is -0.306 e. The molecule has 0 saturated carbocycles. The molecule has 1 heterocycles. The van der Waals surface area contributed by atoms with Gasteiger partial charge in [-0.25, -0.2) is 4.68 Å². The molecule has 0 aliphatic carbocycles. The quantitative estimate of drug-likeness (QED) is 0.738. The highest BCUT2D eigenvalue weighted by atomic mass is 79.9. The number of anilines is 1. The fourth-order valence-electron chi connectivity index (χ4n) is 2.30. The van der Waals surface area contributed by atoms with Crippen molar-refractivity contribution < 1.29 is 4.79 Å². The van der Waals surface area contributed by atoms with Gasteiger partial charge in [0.25, 0.3) is 5.91 Å². The Morgan fingerprint density at radius 2 is 1.78 bits per heavy atom. The number of carbonyl (C=O) groups excluding carboxylic acids is 1. The molecule has 0 spiro atoms. The zero-order valence-electron chi connectivity index (χ0n) is 12.9. The van der Waals surface area contributed by atoms with Crippen LogP contribution in [0.4, 0.5) is 5.82 Å². The predicted octanol–water partition coefficient (Wildman–Crippen LogP) is 4.50. The zero-order chi connectivity index (χ0) is 16.4. The number of carbonyl (C=O) groups is 1. The van der Waals surface area contributed by atoms with E-state index in [2.05, 4.69) is 26.3 Å². The maximum atomic E-state index is 12.5. The summed E-state index contributed by atoms with van der Waals surface area (Å²) in [4.78, 5) is 12.5. The van der Waals surface area contributed by atoms with E-state index in [9.17, 15) is 4.79 Å². The molecule has 0 radical (unpaired) electrons. The van der Waals surface area contributed by atoms with Crippen molar-refractivity contribution in [2.24, 2.45) is 0 Å². The van der Waals surface area contributed by atoms with Crippen molar-refractivity contribution in [1.29, 1.82) is 0 Å². The normalized spacial score (nSPS) is 10.6. The molecule has 1 N–H and O–H groups in total. The summed E-state index contributed by atoms with van der Waals surface area (Å²) in [6.07, 6.45) is 0. The van der Waals surface area contributed by atoms with Gasteiger partial charge in [0.05, 0.1) is 16.9 Å². The molecule has 0 saturated heterocycles. The number of nitrogens with zero attached hydrogens (tertiary/aromatic N) is 2. The Balaban J connectivity index is 1.93. The first-order valence-electron chi connectivity index (χ1n) is 7.24.